The van der Waals surface area contributed by atoms with Gasteiger partial charge in [0.05, 0.1) is 7.11 Å². The lowest BCUT2D eigenvalue weighted by molar-refractivity contribution is -0.155. The van der Waals surface area contributed by atoms with Crippen LogP contribution in [0, 0.1) is 0 Å². The lowest BCUT2D eigenvalue weighted by atomic mass is 10.1. The number of esters is 1. The van der Waals surface area contributed by atoms with Crippen LogP contribution in [0.5, 0.6) is 23.0 Å². The number of aromatic hydroxyl groups is 2. The Morgan fingerprint density at radius 3 is 2.72 bits per heavy atom. The molecule has 0 fully saturated rings. The largest absolute Gasteiger partial charge is 0.502 e. The average Bonchev–Trinajstić information content (AvgIpc) is 2.33. The van der Waals surface area contributed by atoms with Gasteiger partial charge in [-0.1, -0.05) is 0 Å². The van der Waals surface area contributed by atoms with E-state index in [2.05, 4.69) is 0 Å². The zero-order valence-corrected chi connectivity index (χ0v) is 9.84. The van der Waals surface area contributed by atoms with E-state index in [1.807, 2.05) is 0 Å². The topological polar surface area (TPSA) is 85.2 Å². The van der Waals surface area contributed by atoms with Crippen LogP contribution in [-0.2, 0) is 9.53 Å². The van der Waals surface area contributed by atoms with Crippen molar-refractivity contribution in [3.8, 4) is 23.0 Å². The van der Waals surface area contributed by atoms with Gasteiger partial charge in [-0.25, -0.2) is 0 Å². The zero-order chi connectivity index (χ0) is 13.3. The smallest absolute Gasteiger partial charge is 0.305 e. The zero-order valence-electron chi connectivity index (χ0n) is 9.84. The Morgan fingerprint density at radius 2 is 2.11 bits per heavy atom. The molecular weight excluding hydrogens is 240 g/mol. The number of hydrogen-bond donors (Lipinski definition) is 2. The third kappa shape index (κ3) is 2.04. The molecule has 1 heterocycles. The van der Waals surface area contributed by atoms with Gasteiger partial charge in [-0.3, -0.25) is 4.79 Å². The number of phenolic OH excluding ortho intramolecular Hbond substituents is 2. The van der Waals surface area contributed by atoms with Crippen LogP contribution in [0.2, 0.25) is 0 Å². The summed E-state index contributed by atoms with van der Waals surface area (Å²) in [7, 11) is 1.37. The van der Waals surface area contributed by atoms with Crippen molar-refractivity contribution in [3.63, 3.8) is 0 Å². The van der Waals surface area contributed by atoms with Crippen LogP contribution in [0.4, 0.5) is 0 Å². The lowest BCUT2D eigenvalue weighted by Gasteiger charge is -2.22. The number of rotatable bonds is 2. The van der Waals surface area contributed by atoms with E-state index in [0.717, 1.165) is 0 Å². The molecule has 18 heavy (non-hydrogen) atoms. The fraction of sp³-hybridized carbons (Fsp3) is 0.250. The SMILES string of the molecule is COc1cc2c(c(O)c1O)OC(OC(C)=O)C=C2. The van der Waals surface area contributed by atoms with Crippen LogP contribution in [0.25, 0.3) is 6.08 Å². The van der Waals surface area contributed by atoms with Crippen molar-refractivity contribution in [2.75, 3.05) is 7.11 Å². The maximum atomic E-state index is 10.8. The van der Waals surface area contributed by atoms with Gasteiger partial charge in [-0.2, -0.15) is 0 Å². The van der Waals surface area contributed by atoms with Crippen LogP contribution in [0.3, 0.4) is 0 Å². The molecule has 0 saturated heterocycles. The Morgan fingerprint density at radius 1 is 1.39 bits per heavy atom. The Balaban J connectivity index is 2.38. The first-order valence-corrected chi connectivity index (χ1v) is 5.18. The van der Waals surface area contributed by atoms with E-state index in [9.17, 15) is 15.0 Å². The quantitative estimate of drug-likeness (QED) is 0.611. The van der Waals surface area contributed by atoms with Gasteiger partial charge in [0.1, 0.15) is 0 Å². The summed E-state index contributed by atoms with van der Waals surface area (Å²) in [5.74, 6) is -1.21. The minimum atomic E-state index is -0.923. The number of fused-ring (bicyclic) bond motifs is 1. The van der Waals surface area contributed by atoms with E-state index >= 15 is 0 Å². The first kappa shape index (κ1) is 12.1. The summed E-state index contributed by atoms with van der Waals surface area (Å²) >= 11 is 0. The summed E-state index contributed by atoms with van der Waals surface area (Å²) in [5.41, 5.74) is 0.519. The predicted molar refractivity (Wildman–Crippen MR) is 61.5 cm³/mol. The van der Waals surface area contributed by atoms with Gasteiger partial charge in [0.15, 0.2) is 11.5 Å². The number of ether oxygens (including phenoxy) is 3. The van der Waals surface area contributed by atoms with Crippen LogP contribution in [-0.4, -0.2) is 29.6 Å². The van der Waals surface area contributed by atoms with Gasteiger partial charge in [0.25, 0.3) is 6.29 Å². The minimum absolute atomic E-state index is 0.0436. The van der Waals surface area contributed by atoms with Crippen LogP contribution in [0.1, 0.15) is 12.5 Å². The first-order valence-electron chi connectivity index (χ1n) is 5.18. The fourth-order valence-corrected chi connectivity index (χ4v) is 1.60. The fourth-order valence-electron chi connectivity index (χ4n) is 1.60. The predicted octanol–water partition coefficient (Wildman–Crippen LogP) is 1.40. The molecule has 2 rings (SSSR count). The van der Waals surface area contributed by atoms with E-state index in [1.54, 1.807) is 6.08 Å². The van der Waals surface area contributed by atoms with E-state index < -0.39 is 23.8 Å². The van der Waals surface area contributed by atoms with Gasteiger partial charge < -0.3 is 24.4 Å². The Labute approximate surface area is 103 Å². The van der Waals surface area contributed by atoms with Crippen molar-refractivity contribution in [2.45, 2.75) is 13.2 Å². The second kappa shape index (κ2) is 4.48. The number of benzene rings is 1. The van der Waals surface area contributed by atoms with Crippen molar-refractivity contribution >= 4 is 12.0 Å². The van der Waals surface area contributed by atoms with Crippen molar-refractivity contribution in [3.05, 3.63) is 17.7 Å². The molecule has 1 unspecified atom stereocenters. The molecule has 6 nitrogen and oxygen atoms in total. The Hall–Kier alpha value is -2.37. The Bertz CT molecular complexity index is 520. The van der Waals surface area contributed by atoms with Gasteiger partial charge in [0.2, 0.25) is 11.5 Å². The molecule has 2 N–H and O–H groups in total. The second-order valence-electron chi connectivity index (χ2n) is 3.65. The Kier molecular flexibility index (Phi) is 3.01. The molecule has 0 bridgehead atoms. The molecule has 1 atom stereocenters. The molecule has 96 valence electrons. The molecular formula is C12H12O6. The summed E-state index contributed by atoms with van der Waals surface area (Å²) < 4.78 is 15.0. The van der Waals surface area contributed by atoms with Crippen molar-refractivity contribution in [2.24, 2.45) is 0 Å². The molecule has 1 aromatic carbocycles. The van der Waals surface area contributed by atoms with Crippen LogP contribution >= 0.6 is 0 Å². The van der Waals surface area contributed by atoms with Crippen LogP contribution < -0.4 is 9.47 Å². The van der Waals surface area contributed by atoms with Crippen LogP contribution in [0.15, 0.2) is 12.1 Å². The number of phenols is 2. The maximum absolute atomic E-state index is 10.8. The number of carbonyl (C=O) groups excluding carboxylic acids is 1. The molecule has 0 amide bonds. The van der Waals surface area contributed by atoms with E-state index in [0.29, 0.717) is 5.56 Å². The van der Waals surface area contributed by atoms with E-state index in [4.69, 9.17) is 14.2 Å². The summed E-state index contributed by atoms with van der Waals surface area (Å²) in [6.07, 6.45) is 2.20. The molecule has 0 saturated carbocycles. The number of hydrogen-bond acceptors (Lipinski definition) is 6. The van der Waals surface area contributed by atoms with E-state index in [1.165, 1.54) is 26.2 Å². The highest BCUT2D eigenvalue weighted by Gasteiger charge is 2.24. The second-order valence-corrected chi connectivity index (χ2v) is 3.65. The van der Waals surface area contributed by atoms with Crippen molar-refractivity contribution in [1.29, 1.82) is 0 Å². The monoisotopic (exact) mass is 252 g/mol. The summed E-state index contributed by atoms with van der Waals surface area (Å²) in [6.45, 7) is 1.25. The molecule has 0 spiro atoms. The van der Waals surface area contributed by atoms with Gasteiger partial charge in [-0.15, -0.1) is 0 Å². The standard InChI is InChI=1S/C12H12O6/c1-6(13)17-9-4-3-7-5-8(16-2)10(14)11(15)12(7)18-9/h3-5,9,14-15H,1-2H3. The van der Waals surface area contributed by atoms with Gasteiger partial charge in [-0.05, 0) is 18.2 Å². The minimum Gasteiger partial charge on any atom is -0.502 e. The van der Waals surface area contributed by atoms with Crippen molar-refractivity contribution < 1.29 is 29.2 Å². The van der Waals surface area contributed by atoms with E-state index in [-0.39, 0.29) is 11.5 Å². The summed E-state index contributed by atoms with van der Waals surface area (Å²) in [5, 5.41) is 19.4. The highest BCUT2D eigenvalue weighted by molar-refractivity contribution is 5.72. The molecule has 1 aromatic rings. The molecule has 1 aliphatic rings. The van der Waals surface area contributed by atoms with Gasteiger partial charge >= 0.3 is 5.97 Å². The van der Waals surface area contributed by atoms with Gasteiger partial charge in [0, 0.05) is 12.5 Å². The average molecular weight is 252 g/mol. The summed E-state index contributed by atoms with van der Waals surface area (Å²) in [6, 6.07) is 1.50. The first-order chi connectivity index (χ1) is 8.52. The molecule has 0 aromatic heterocycles. The molecule has 0 aliphatic carbocycles. The highest BCUT2D eigenvalue weighted by Crippen LogP contribution is 2.47. The highest BCUT2D eigenvalue weighted by atomic mass is 16.7. The third-order valence-electron chi connectivity index (χ3n) is 2.39. The normalized spacial score (nSPS) is 16.7. The third-order valence-corrected chi connectivity index (χ3v) is 2.39. The molecule has 0 radical (unpaired) electrons. The lowest BCUT2D eigenvalue weighted by Crippen LogP contribution is -2.22. The van der Waals surface area contributed by atoms with Crippen molar-refractivity contribution in [1.82, 2.24) is 0 Å². The summed E-state index contributed by atoms with van der Waals surface area (Å²) in [4.78, 5) is 10.8. The molecule has 6 heteroatoms. The maximum Gasteiger partial charge on any atom is 0.305 e. The number of methoxy groups -OCH3 is 1. The number of carbonyl (C=O) groups is 1. The molecule has 1 aliphatic heterocycles.